The smallest absolute Gasteiger partial charge is 0.302 e. The summed E-state index contributed by atoms with van der Waals surface area (Å²) < 4.78 is 11.6. The molecule has 0 saturated heterocycles. The van der Waals surface area contributed by atoms with Crippen molar-refractivity contribution in [2.75, 3.05) is 0 Å². The van der Waals surface area contributed by atoms with E-state index in [4.69, 9.17) is 9.47 Å². The molecule has 0 unspecified atom stereocenters. The van der Waals surface area contributed by atoms with Crippen LogP contribution in [-0.4, -0.2) is 21.1 Å². The largest absolute Gasteiger partial charge is 0.490 e. The van der Waals surface area contributed by atoms with E-state index in [1.165, 1.54) is 19.0 Å². The average molecular weight is 323 g/mol. The molecule has 0 spiro atoms. The van der Waals surface area contributed by atoms with Crippen molar-refractivity contribution in [3.05, 3.63) is 53.1 Å². The minimum atomic E-state index is -0.251. The molecule has 1 aliphatic rings. The molecule has 0 radical (unpaired) electrons. The molecule has 1 N–H and O–H groups in total. The first-order valence-corrected chi connectivity index (χ1v) is 8.06. The first kappa shape index (κ1) is 14.7. The van der Waals surface area contributed by atoms with Gasteiger partial charge in [-0.1, -0.05) is 0 Å². The molecule has 0 bridgehead atoms. The summed E-state index contributed by atoms with van der Waals surface area (Å²) in [4.78, 5) is 22.9. The van der Waals surface area contributed by atoms with Gasteiger partial charge in [0.05, 0.1) is 23.2 Å². The van der Waals surface area contributed by atoms with Gasteiger partial charge in [0, 0.05) is 6.20 Å². The lowest BCUT2D eigenvalue weighted by Crippen LogP contribution is -2.10. The van der Waals surface area contributed by atoms with Gasteiger partial charge in [-0.2, -0.15) is 4.98 Å². The maximum atomic E-state index is 12.0. The van der Waals surface area contributed by atoms with Crippen LogP contribution in [0.1, 0.15) is 25.7 Å². The minimum absolute atomic E-state index is 0.143. The molecule has 1 aliphatic carbocycles. The lowest BCUT2D eigenvalue weighted by Gasteiger charge is -2.13. The maximum absolute atomic E-state index is 12.0. The molecule has 0 atom stereocenters. The van der Waals surface area contributed by atoms with Crippen molar-refractivity contribution in [3.8, 4) is 17.5 Å². The van der Waals surface area contributed by atoms with Gasteiger partial charge in [-0.25, -0.2) is 0 Å². The van der Waals surface area contributed by atoms with Crippen LogP contribution in [0.15, 0.2) is 47.5 Å². The van der Waals surface area contributed by atoms with Crippen molar-refractivity contribution in [2.24, 2.45) is 0 Å². The van der Waals surface area contributed by atoms with Gasteiger partial charge in [0.2, 0.25) is 0 Å². The zero-order chi connectivity index (χ0) is 16.4. The summed E-state index contributed by atoms with van der Waals surface area (Å²) in [5.41, 5.74) is 0.246. The number of H-pyrrole nitrogens is 1. The molecule has 1 fully saturated rings. The van der Waals surface area contributed by atoms with E-state index in [-0.39, 0.29) is 11.6 Å². The first-order valence-electron chi connectivity index (χ1n) is 8.06. The van der Waals surface area contributed by atoms with Gasteiger partial charge >= 0.3 is 6.01 Å². The maximum Gasteiger partial charge on any atom is 0.302 e. The molecule has 0 aliphatic heterocycles. The monoisotopic (exact) mass is 323 g/mol. The number of hydrogen-bond acceptors (Lipinski definition) is 5. The van der Waals surface area contributed by atoms with Crippen LogP contribution in [-0.2, 0) is 0 Å². The molecule has 2 aromatic heterocycles. The SMILES string of the molecule is O=c1[nH]c(Oc2ccc(OC3CCCC3)cc2)nc2cnccc12. The third-order valence-electron chi connectivity index (χ3n) is 4.13. The number of fused-ring (bicyclic) bond motifs is 1. The Kier molecular flexibility index (Phi) is 3.86. The van der Waals surface area contributed by atoms with Gasteiger partial charge in [-0.3, -0.25) is 14.8 Å². The van der Waals surface area contributed by atoms with E-state index in [2.05, 4.69) is 15.0 Å². The Morgan fingerprint density at radius 1 is 1.04 bits per heavy atom. The molecule has 24 heavy (non-hydrogen) atoms. The van der Waals surface area contributed by atoms with Gasteiger partial charge in [-0.05, 0) is 56.0 Å². The standard InChI is InChI=1S/C18H17N3O3/c22-17-15-9-10-19-11-16(15)20-18(21-17)24-14-7-5-13(6-8-14)23-12-3-1-2-4-12/h5-12H,1-4H2,(H,20,21,22). The van der Waals surface area contributed by atoms with Crippen molar-refractivity contribution >= 4 is 10.9 Å². The summed E-state index contributed by atoms with van der Waals surface area (Å²) in [7, 11) is 0. The minimum Gasteiger partial charge on any atom is -0.490 e. The molecule has 4 rings (SSSR count). The van der Waals surface area contributed by atoms with E-state index in [9.17, 15) is 4.79 Å². The number of hydrogen-bond donors (Lipinski definition) is 1. The third kappa shape index (κ3) is 3.08. The predicted octanol–water partition coefficient (Wildman–Crippen LogP) is 3.43. The highest BCUT2D eigenvalue weighted by molar-refractivity contribution is 5.76. The van der Waals surface area contributed by atoms with E-state index in [0.29, 0.717) is 22.8 Å². The van der Waals surface area contributed by atoms with E-state index >= 15 is 0 Å². The van der Waals surface area contributed by atoms with Crippen LogP contribution >= 0.6 is 0 Å². The summed E-state index contributed by atoms with van der Waals surface area (Å²) in [5.74, 6) is 1.42. The van der Waals surface area contributed by atoms with Gasteiger partial charge in [0.25, 0.3) is 5.56 Å². The number of nitrogens with one attached hydrogen (secondary N) is 1. The number of rotatable bonds is 4. The first-order chi connectivity index (χ1) is 11.8. The number of nitrogens with zero attached hydrogens (tertiary/aromatic N) is 2. The summed E-state index contributed by atoms with van der Waals surface area (Å²) in [6.07, 6.45) is 8.13. The van der Waals surface area contributed by atoms with Crippen molar-refractivity contribution < 1.29 is 9.47 Å². The number of aromatic amines is 1. The average Bonchev–Trinajstić information content (AvgIpc) is 3.10. The van der Waals surface area contributed by atoms with Gasteiger partial charge < -0.3 is 9.47 Å². The number of pyridine rings is 1. The Morgan fingerprint density at radius 3 is 2.58 bits per heavy atom. The second kappa shape index (κ2) is 6.31. The summed E-state index contributed by atoms with van der Waals surface area (Å²) in [6, 6.07) is 9.11. The highest BCUT2D eigenvalue weighted by atomic mass is 16.5. The van der Waals surface area contributed by atoms with Gasteiger partial charge in [-0.15, -0.1) is 0 Å². The van der Waals surface area contributed by atoms with Crippen molar-refractivity contribution in [1.29, 1.82) is 0 Å². The van der Waals surface area contributed by atoms with Crippen LogP contribution in [0.3, 0.4) is 0 Å². The molecule has 6 nitrogen and oxygen atoms in total. The number of ether oxygens (including phenoxy) is 2. The lowest BCUT2D eigenvalue weighted by atomic mass is 10.3. The topological polar surface area (TPSA) is 77.1 Å². The molecule has 2 heterocycles. The summed E-state index contributed by atoms with van der Waals surface area (Å²) in [5, 5.41) is 0.484. The van der Waals surface area contributed by atoms with Gasteiger partial charge in [0.15, 0.2) is 0 Å². The Hall–Kier alpha value is -2.89. The van der Waals surface area contributed by atoms with Gasteiger partial charge in [0.1, 0.15) is 11.5 Å². The van der Waals surface area contributed by atoms with Crippen LogP contribution in [0.2, 0.25) is 0 Å². The van der Waals surface area contributed by atoms with Crippen molar-refractivity contribution in [1.82, 2.24) is 15.0 Å². The van der Waals surface area contributed by atoms with Crippen molar-refractivity contribution in [2.45, 2.75) is 31.8 Å². The number of aromatic nitrogens is 3. The molecule has 0 amide bonds. The van der Waals surface area contributed by atoms with Crippen LogP contribution in [0.5, 0.6) is 17.5 Å². The Balaban J connectivity index is 1.51. The molecule has 122 valence electrons. The molecule has 3 aromatic rings. The Morgan fingerprint density at radius 2 is 1.79 bits per heavy atom. The summed E-state index contributed by atoms with van der Waals surface area (Å²) >= 11 is 0. The predicted molar refractivity (Wildman–Crippen MR) is 89.6 cm³/mol. The summed E-state index contributed by atoms with van der Waals surface area (Å²) in [6.45, 7) is 0. The molecule has 1 aromatic carbocycles. The zero-order valence-corrected chi connectivity index (χ0v) is 13.1. The molecule has 1 saturated carbocycles. The van der Waals surface area contributed by atoms with E-state index < -0.39 is 0 Å². The highest BCUT2D eigenvalue weighted by Crippen LogP contribution is 2.26. The van der Waals surface area contributed by atoms with Crippen LogP contribution in [0, 0.1) is 0 Å². The zero-order valence-electron chi connectivity index (χ0n) is 13.1. The molecular formula is C18H17N3O3. The second-order valence-electron chi connectivity index (χ2n) is 5.86. The molecule has 6 heteroatoms. The fourth-order valence-electron chi connectivity index (χ4n) is 2.91. The second-order valence-corrected chi connectivity index (χ2v) is 5.86. The third-order valence-corrected chi connectivity index (χ3v) is 4.13. The normalized spacial score (nSPS) is 14.8. The Labute approximate surface area is 138 Å². The fraction of sp³-hybridized carbons (Fsp3) is 0.278. The van der Waals surface area contributed by atoms with Crippen LogP contribution in [0.25, 0.3) is 10.9 Å². The van der Waals surface area contributed by atoms with Crippen LogP contribution < -0.4 is 15.0 Å². The van der Waals surface area contributed by atoms with E-state index in [1.807, 2.05) is 12.1 Å². The van der Waals surface area contributed by atoms with E-state index in [0.717, 1.165) is 18.6 Å². The quantitative estimate of drug-likeness (QED) is 0.796. The Bertz CT molecular complexity index is 899. The highest BCUT2D eigenvalue weighted by Gasteiger charge is 2.16. The van der Waals surface area contributed by atoms with E-state index in [1.54, 1.807) is 24.4 Å². The number of benzene rings is 1. The molecular weight excluding hydrogens is 306 g/mol. The fourth-order valence-corrected chi connectivity index (χ4v) is 2.91. The lowest BCUT2D eigenvalue weighted by molar-refractivity contribution is 0.210. The van der Waals surface area contributed by atoms with Crippen molar-refractivity contribution in [3.63, 3.8) is 0 Å². The van der Waals surface area contributed by atoms with Crippen LogP contribution in [0.4, 0.5) is 0 Å².